The van der Waals surface area contributed by atoms with Gasteiger partial charge in [0.05, 0.1) is 5.56 Å². The number of nitrogens with one attached hydrogen (secondary N) is 1. The standard InChI is InChI=1S/C11H5F3N2O/c12-11(13,14)9-6-3-1-2-4-8(6)17-10(16)7(9)5-15/h1-4,16H. The Balaban J connectivity index is 3.05. The first-order valence-corrected chi connectivity index (χ1v) is 4.53. The van der Waals surface area contributed by atoms with Gasteiger partial charge in [0.2, 0.25) is 5.55 Å². The third-order valence-corrected chi connectivity index (χ3v) is 2.24. The van der Waals surface area contributed by atoms with Gasteiger partial charge in [0.25, 0.3) is 0 Å². The van der Waals surface area contributed by atoms with E-state index in [1.54, 1.807) is 0 Å². The van der Waals surface area contributed by atoms with Crippen LogP contribution in [0.25, 0.3) is 11.0 Å². The van der Waals surface area contributed by atoms with Crippen molar-refractivity contribution in [2.45, 2.75) is 6.18 Å². The summed E-state index contributed by atoms with van der Waals surface area (Å²) in [7, 11) is 0. The number of benzene rings is 1. The highest BCUT2D eigenvalue weighted by Crippen LogP contribution is 2.35. The molecule has 86 valence electrons. The van der Waals surface area contributed by atoms with Crippen LogP contribution in [0.5, 0.6) is 0 Å². The van der Waals surface area contributed by atoms with E-state index in [9.17, 15) is 13.2 Å². The number of halogens is 3. The number of nitrogens with zero attached hydrogens (tertiary/aromatic N) is 1. The first-order chi connectivity index (χ1) is 7.95. The summed E-state index contributed by atoms with van der Waals surface area (Å²) >= 11 is 0. The minimum absolute atomic E-state index is 0.0659. The SMILES string of the molecule is N#Cc1c(C(F)(F)F)c2ccccc2oc1=N. The molecule has 0 aliphatic heterocycles. The summed E-state index contributed by atoms with van der Waals surface area (Å²) in [4.78, 5) is 0. The number of nitriles is 1. The second kappa shape index (κ2) is 3.63. The molecule has 0 atom stereocenters. The Morgan fingerprint density at radius 3 is 2.47 bits per heavy atom. The molecule has 17 heavy (non-hydrogen) atoms. The highest BCUT2D eigenvalue weighted by molar-refractivity contribution is 5.82. The minimum Gasteiger partial charge on any atom is -0.438 e. The van der Waals surface area contributed by atoms with Gasteiger partial charge in [0, 0.05) is 5.39 Å². The number of hydrogen-bond acceptors (Lipinski definition) is 3. The van der Waals surface area contributed by atoms with Crippen LogP contribution < -0.4 is 5.55 Å². The molecule has 0 bridgehead atoms. The molecule has 0 aliphatic carbocycles. The number of fused-ring (bicyclic) bond motifs is 1. The van der Waals surface area contributed by atoms with Crippen molar-refractivity contribution in [1.29, 1.82) is 10.7 Å². The van der Waals surface area contributed by atoms with E-state index in [1.165, 1.54) is 30.3 Å². The summed E-state index contributed by atoms with van der Waals surface area (Å²) in [6.07, 6.45) is -4.70. The fraction of sp³-hybridized carbons (Fsp3) is 0.0909. The van der Waals surface area contributed by atoms with Crippen molar-refractivity contribution >= 4 is 11.0 Å². The van der Waals surface area contributed by atoms with Crippen LogP contribution in [0.3, 0.4) is 0 Å². The molecular weight excluding hydrogens is 233 g/mol. The van der Waals surface area contributed by atoms with Crippen LogP contribution in [0.1, 0.15) is 11.1 Å². The number of rotatable bonds is 0. The monoisotopic (exact) mass is 238 g/mol. The van der Waals surface area contributed by atoms with Gasteiger partial charge >= 0.3 is 6.18 Å². The third-order valence-electron chi connectivity index (χ3n) is 2.24. The first-order valence-electron chi connectivity index (χ1n) is 4.53. The molecule has 0 aliphatic rings. The van der Waals surface area contributed by atoms with Crippen LogP contribution in [0.2, 0.25) is 0 Å². The van der Waals surface area contributed by atoms with Crippen molar-refractivity contribution in [3.8, 4) is 6.07 Å². The van der Waals surface area contributed by atoms with Gasteiger partial charge in [-0.3, -0.25) is 5.41 Å². The van der Waals surface area contributed by atoms with Crippen molar-refractivity contribution in [3.63, 3.8) is 0 Å². The molecule has 0 amide bonds. The summed E-state index contributed by atoms with van der Waals surface area (Å²) in [5.74, 6) is 0. The van der Waals surface area contributed by atoms with Crippen LogP contribution in [-0.4, -0.2) is 0 Å². The van der Waals surface area contributed by atoms with Gasteiger partial charge < -0.3 is 4.42 Å². The van der Waals surface area contributed by atoms with E-state index in [2.05, 4.69) is 0 Å². The molecule has 1 heterocycles. The lowest BCUT2D eigenvalue weighted by molar-refractivity contribution is -0.136. The molecule has 0 spiro atoms. The van der Waals surface area contributed by atoms with Crippen molar-refractivity contribution in [2.75, 3.05) is 0 Å². The first kappa shape index (κ1) is 11.2. The van der Waals surface area contributed by atoms with Gasteiger partial charge in [-0.2, -0.15) is 18.4 Å². The van der Waals surface area contributed by atoms with Crippen LogP contribution in [0.15, 0.2) is 28.7 Å². The Kier molecular flexibility index (Phi) is 2.39. The Morgan fingerprint density at radius 2 is 1.88 bits per heavy atom. The van der Waals surface area contributed by atoms with Crippen LogP contribution in [0, 0.1) is 16.7 Å². The summed E-state index contributed by atoms with van der Waals surface area (Å²) in [5.41, 5.74) is -2.76. The quantitative estimate of drug-likeness (QED) is 0.767. The Bertz CT molecular complexity index is 680. The summed E-state index contributed by atoms with van der Waals surface area (Å²) in [5, 5.41) is 15.8. The number of para-hydroxylation sites is 1. The van der Waals surface area contributed by atoms with E-state index >= 15 is 0 Å². The van der Waals surface area contributed by atoms with Gasteiger partial charge in [0.15, 0.2) is 0 Å². The molecule has 1 aromatic carbocycles. The predicted molar refractivity (Wildman–Crippen MR) is 51.8 cm³/mol. The second-order valence-electron chi connectivity index (χ2n) is 3.29. The molecular formula is C11H5F3N2O. The zero-order valence-corrected chi connectivity index (χ0v) is 8.30. The maximum absolute atomic E-state index is 12.9. The Hall–Kier alpha value is -2.29. The van der Waals surface area contributed by atoms with Gasteiger partial charge in [-0.25, -0.2) is 0 Å². The van der Waals surface area contributed by atoms with Gasteiger partial charge in [-0.05, 0) is 6.07 Å². The van der Waals surface area contributed by atoms with E-state index < -0.39 is 22.9 Å². The average Bonchev–Trinajstić information content (AvgIpc) is 2.25. The van der Waals surface area contributed by atoms with E-state index in [0.717, 1.165) is 0 Å². The normalized spacial score (nSPS) is 11.4. The molecule has 2 aromatic rings. The smallest absolute Gasteiger partial charge is 0.418 e. The lowest BCUT2D eigenvalue weighted by Crippen LogP contribution is -2.16. The maximum atomic E-state index is 12.9. The van der Waals surface area contributed by atoms with Gasteiger partial charge in [-0.1, -0.05) is 18.2 Å². The summed E-state index contributed by atoms with van der Waals surface area (Å²) < 4.78 is 43.5. The topological polar surface area (TPSA) is 60.8 Å². The molecule has 0 saturated heterocycles. The summed E-state index contributed by atoms with van der Waals surface area (Å²) in [6, 6.07) is 6.81. The highest BCUT2D eigenvalue weighted by Gasteiger charge is 2.37. The molecule has 0 unspecified atom stereocenters. The van der Waals surface area contributed by atoms with E-state index in [-0.39, 0.29) is 11.0 Å². The number of alkyl halides is 3. The molecule has 6 heteroatoms. The zero-order chi connectivity index (χ0) is 12.6. The van der Waals surface area contributed by atoms with Gasteiger partial charge in [-0.15, -0.1) is 0 Å². The van der Waals surface area contributed by atoms with Crippen molar-refractivity contribution in [3.05, 3.63) is 40.9 Å². The molecule has 0 radical (unpaired) electrons. The van der Waals surface area contributed by atoms with Crippen molar-refractivity contribution in [1.82, 2.24) is 0 Å². The van der Waals surface area contributed by atoms with Crippen molar-refractivity contribution in [2.24, 2.45) is 0 Å². The zero-order valence-electron chi connectivity index (χ0n) is 8.30. The van der Waals surface area contributed by atoms with E-state index in [0.29, 0.717) is 0 Å². The second-order valence-corrected chi connectivity index (χ2v) is 3.29. The molecule has 3 nitrogen and oxygen atoms in total. The van der Waals surface area contributed by atoms with Crippen LogP contribution in [0.4, 0.5) is 13.2 Å². The van der Waals surface area contributed by atoms with Crippen LogP contribution >= 0.6 is 0 Å². The molecule has 1 N–H and O–H groups in total. The molecule has 1 aromatic heterocycles. The average molecular weight is 238 g/mol. The molecule has 2 rings (SSSR count). The van der Waals surface area contributed by atoms with Gasteiger partial charge in [0.1, 0.15) is 17.2 Å². The van der Waals surface area contributed by atoms with Crippen LogP contribution in [-0.2, 0) is 6.18 Å². The Labute approximate surface area is 93.2 Å². The summed E-state index contributed by atoms with van der Waals surface area (Å²) in [6.45, 7) is 0. The molecule has 0 saturated carbocycles. The third kappa shape index (κ3) is 1.76. The molecule has 0 fully saturated rings. The fourth-order valence-corrected chi connectivity index (χ4v) is 1.57. The minimum atomic E-state index is -4.70. The Morgan fingerprint density at radius 1 is 1.24 bits per heavy atom. The lowest BCUT2D eigenvalue weighted by Gasteiger charge is -2.11. The maximum Gasteiger partial charge on any atom is 0.418 e. The lowest BCUT2D eigenvalue weighted by atomic mass is 10.0. The predicted octanol–water partition coefficient (Wildman–Crippen LogP) is 2.80. The van der Waals surface area contributed by atoms with E-state index in [1.807, 2.05) is 0 Å². The highest BCUT2D eigenvalue weighted by atomic mass is 19.4. The fourth-order valence-electron chi connectivity index (χ4n) is 1.57. The van der Waals surface area contributed by atoms with Crippen molar-refractivity contribution < 1.29 is 17.6 Å². The van der Waals surface area contributed by atoms with E-state index in [4.69, 9.17) is 15.1 Å². The number of hydrogen-bond donors (Lipinski definition) is 1. The largest absolute Gasteiger partial charge is 0.438 e.